The van der Waals surface area contributed by atoms with Crippen LogP contribution in [0, 0.1) is 11.6 Å². The maximum absolute atomic E-state index is 14.6. The standard InChI is InChI=1S/C21H18ClF5N4O/c1-9-20(30-12-6-3-7-14(12)32)31-13-8-28-19(21(25,26)27)17(22)16(13)18(29-9)15-10(23)4-2-5-11(15)24/h2,4-5,8-9,12,14,32H,3,6-7H2,1H3,(H,30,31). The quantitative estimate of drug-likeness (QED) is 0.605. The summed E-state index contributed by atoms with van der Waals surface area (Å²) in [7, 11) is 0. The Labute approximate surface area is 185 Å². The largest absolute Gasteiger partial charge is 0.434 e. The number of aliphatic hydroxyl groups excluding tert-OH is 1. The van der Waals surface area contributed by atoms with E-state index < -0.39 is 52.3 Å². The number of aromatic nitrogens is 1. The SMILES string of the molecule is CC1N=C(c2c(F)cccc2F)c2c(cnc(C(F)(F)F)c2Cl)N/C1=N/C1CCCC1O. The van der Waals surface area contributed by atoms with Gasteiger partial charge in [-0.15, -0.1) is 0 Å². The minimum atomic E-state index is -4.90. The molecule has 4 rings (SSSR count). The Bertz CT molecular complexity index is 1100. The summed E-state index contributed by atoms with van der Waals surface area (Å²) in [6.07, 6.45) is -2.71. The third-order valence-corrected chi connectivity index (χ3v) is 5.82. The zero-order valence-electron chi connectivity index (χ0n) is 16.7. The summed E-state index contributed by atoms with van der Waals surface area (Å²) in [5, 5.41) is 12.2. The molecule has 0 radical (unpaired) electrons. The van der Waals surface area contributed by atoms with E-state index in [1.54, 1.807) is 6.92 Å². The van der Waals surface area contributed by atoms with Crippen molar-refractivity contribution in [3.8, 4) is 0 Å². The molecule has 2 aliphatic rings. The fourth-order valence-corrected chi connectivity index (χ4v) is 4.22. The molecule has 0 spiro atoms. The lowest BCUT2D eigenvalue weighted by Crippen LogP contribution is -2.28. The monoisotopic (exact) mass is 472 g/mol. The Balaban J connectivity index is 1.96. The van der Waals surface area contributed by atoms with Gasteiger partial charge in [-0.25, -0.2) is 13.8 Å². The van der Waals surface area contributed by atoms with E-state index in [4.69, 9.17) is 11.6 Å². The maximum atomic E-state index is 14.6. The van der Waals surface area contributed by atoms with Crippen molar-refractivity contribution in [2.24, 2.45) is 9.98 Å². The summed E-state index contributed by atoms with van der Waals surface area (Å²) in [5.74, 6) is -1.79. The molecule has 32 heavy (non-hydrogen) atoms. The topological polar surface area (TPSA) is 69.9 Å². The first-order valence-electron chi connectivity index (χ1n) is 9.89. The van der Waals surface area contributed by atoms with Crippen LogP contribution in [0.3, 0.4) is 0 Å². The summed E-state index contributed by atoms with van der Waals surface area (Å²) in [4.78, 5) is 12.2. The Morgan fingerprint density at radius 3 is 2.44 bits per heavy atom. The molecule has 1 fully saturated rings. The lowest BCUT2D eigenvalue weighted by atomic mass is 9.99. The molecule has 11 heteroatoms. The number of fused-ring (bicyclic) bond motifs is 1. The summed E-state index contributed by atoms with van der Waals surface area (Å²) < 4.78 is 69.7. The predicted molar refractivity (Wildman–Crippen MR) is 110 cm³/mol. The molecular formula is C21H18ClF5N4O. The normalized spacial score (nSPS) is 24.7. The van der Waals surface area contributed by atoms with Crippen LogP contribution >= 0.6 is 11.6 Å². The summed E-state index contributed by atoms with van der Waals surface area (Å²) in [5.41, 5.74) is -2.75. The first kappa shape index (κ1) is 22.6. The number of rotatable bonds is 2. The number of hydrogen-bond acceptors (Lipinski definition) is 4. The van der Waals surface area contributed by atoms with Crippen molar-refractivity contribution < 1.29 is 27.1 Å². The zero-order chi connectivity index (χ0) is 23.2. The van der Waals surface area contributed by atoms with Crippen molar-refractivity contribution >= 4 is 28.8 Å². The lowest BCUT2D eigenvalue weighted by Gasteiger charge is -2.18. The lowest BCUT2D eigenvalue weighted by molar-refractivity contribution is -0.141. The molecule has 170 valence electrons. The van der Waals surface area contributed by atoms with Crippen LogP contribution in [-0.2, 0) is 6.18 Å². The highest BCUT2D eigenvalue weighted by Gasteiger charge is 2.39. The number of pyridine rings is 1. The maximum Gasteiger partial charge on any atom is 0.434 e. The molecule has 3 atom stereocenters. The van der Waals surface area contributed by atoms with Crippen LogP contribution in [0.4, 0.5) is 27.6 Å². The highest BCUT2D eigenvalue weighted by Crippen LogP contribution is 2.40. The van der Waals surface area contributed by atoms with Crippen molar-refractivity contribution in [1.29, 1.82) is 0 Å². The average molecular weight is 473 g/mol. The van der Waals surface area contributed by atoms with Crippen LogP contribution < -0.4 is 5.32 Å². The molecule has 0 amide bonds. The number of alkyl halides is 3. The van der Waals surface area contributed by atoms with Crippen LogP contribution in [0.15, 0.2) is 34.4 Å². The summed E-state index contributed by atoms with van der Waals surface area (Å²) >= 11 is 6.09. The number of hydrogen-bond donors (Lipinski definition) is 2. The van der Waals surface area contributed by atoms with E-state index in [-0.39, 0.29) is 22.8 Å². The van der Waals surface area contributed by atoms with E-state index in [0.29, 0.717) is 12.8 Å². The second-order valence-electron chi connectivity index (χ2n) is 7.66. The smallest absolute Gasteiger partial charge is 0.391 e. The minimum Gasteiger partial charge on any atom is -0.391 e. The number of nitrogens with zero attached hydrogens (tertiary/aromatic N) is 3. The van der Waals surface area contributed by atoms with E-state index in [9.17, 15) is 27.1 Å². The second-order valence-corrected chi connectivity index (χ2v) is 8.04. The first-order chi connectivity index (χ1) is 15.1. The van der Waals surface area contributed by atoms with Gasteiger partial charge in [-0.3, -0.25) is 9.98 Å². The van der Waals surface area contributed by atoms with Gasteiger partial charge in [0, 0.05) is 5.56 Å². The molecule has 1 aliphatic carbocycles. The third kappa shape index (κ3) is 4.09. The van der Waals surface area contributed by atoms with Gasteiger partial charge in [0.1, 0.15) is 23.5 Å². The Kier molecular flexibility index (Phi) is 5.93. The third-order valence-electron chi connectivity index (χ3n) is 5.45. The van der Waals surface area contributed by atoms with Gasteiger partial charge in [0.05, 0.1) is 40.3 Å². The summed E-state index contributed by atoms with van der Waals surface area (Å²) in [6, 6.07) is 1.84. The Morgan fingerprint density at radius 1 is 1.16 bits per heavy atom. The number of benzene rings is 1. The molecule has 1 aliphatic heterocycles. The molecule has 0 bridgehead atoms. The molecule has 0 saturated heterocycles. The van der Waals surface area contributed by atoms with Gasteiger partial charge in [-0.1, -0.05) is 17.7 Å². The van der Waals surface area contributed by atoms with E-state index in [1.807, 2.05) is 0 Å². The van der Waals surface area contributed by atoms with Crippen LogP contribution in [0.25, 0.3) is 0 Å². The molecule has 1 aromatic heterocycles. The van der Waals surface area contributed by atoms with E-state index >= 15 is 0 Å². The summed E-state index contributed by atoms with van der Waals surface area (Å²) in [6.45, 7) is 1.57. The van der Waals surface area contributed by atoms with Crippen LogP contribution in [0.5, 0.6) is 0 Å². The average Bonchev–Trinajstić information content (AvgIpc) is 3.04. The van der Waals surface area contributed by atoms with Crippen molar-refractivity contribution in [2.45, 2.75) is 50.6 Å². The number of nitrogens with one attached hydrogen (secondary N) is 1. The van der Waals surface area contributed by atoms with Gasteiger partial charge in [-0.2, -0.15) is 13.2 Å². The molecule has 1 aromatic carbocycles. The number of anilines is 1. The van der Waals surface area contributed by atoms with Crippen LogP contribution in [0.1, 0.15) is 43.0 Å². The van der Waals surface area contributed by atoms with E-state index in [0.717, 1.165) is 30.8 Å². The highest BCUT2D eigenvalue weighted by atomic mass is 35.5. The van der Waals surface area contributed by atoms with Crippen molar-refractivity contribution in [2.75, 3.05) is 5.32 Å². The van der Waals surface area contributed by atoms with Crippen molar-refractivity contribution in [3.05, 3.63) is 57.9 Å². The number of aliphatic hydroxyl groups is 1. The fourth-order valence-electron chi connectivity index (χ4n) is 3.88. The molecule has 2 N–H and O–H groups in total. The van der Waals surface area contributed by atoms with E-state index in [1.165, 1.54) is 0 Å². The zero-order valence-corrected chi connectivity index (χ0v) is 17.5. The van der Waals surface area contributed by atoms with Crippen molar-refractivity contribution in [3.63, 3.8) is 0 Å². The van der Waals surface area contributed by atoms with Crippen LogP contribution in [0.2, 0.25) is 5.02 Å². The molecular weight excluding hydrogens is 455 g/mol. The van der Waals surface area contributed by atoms with E-state index in [2.05, 4.69) is 20.3 Å². The van der Waals surface area contributed by atoms with Crippen LogP contribution in [-0.4, -0.2) is 39.8 Å². The van der Waals surface area contributed by atoms with Gasteiger partial charge in [0.25, 0.3) is 0 Å². The number of aliphatic imine (C=N–C) groups is 2. The van der Waals surface area contributed by atoms with Gasteiger partial charge in [-0.05, 0) is 38.3 Å². The minimum absolute atomic E-state index is 0.0278. The molecule has 5 nitrogen and oxygen atoms in total. The first-order valence-corrected chi connectivity index (χ1v) is 10.3. The van der Waals surface area contributed by atoms with Gasteiger partial charge in [0.2, 0.25) is 0 Å². The predicted octanol–water partition coefficient (Wildman–Crippen LogP) is 5.00. The Hall–Kier alpha value is -2.59. The number of halogens is 6. The van der Waals surface area contributed by atoms with Gasteiger partial charge >= 0.3 is 6.18 Å². The highest BCUT2D eigenvalue weighted by molar-refractivity contribution is 6.37. The van der Waals surface area contributed by atoms with Gasteiger partial charge in [0.15, 0.2) is 5.69 Å². The number of amidine groups is 1. The van der Waals surface area contributed by atoms with Crippen molar-refractivity contribution in [1.82, 2.24) is 4.98 Å². The molecule has 2 aromatic rings. The second kappa shape index (κ2) is 8.40. The Morgan fingerprint density at radius 2 is 1.84 bits per heavy atom. The molecule has 1 saturated carbocycles. The fraction of sp³-hybridized carbons (Fsp3) is 0.381. The molecule has 2 heterocycles. The van der Waals surface area contributed by atoms with Gasteiger partial charge < -0.3 is 10.4 Å². The molecule has 3 unspecified atom stereocenters.